The molecular weight excluding hydrogens is 477 g/mol. The number of benzene rings is 1. The van der Waals surface area contributed by atoms with E-state index in [1.165, 1.54) is 34.4 Å². The molecule has 0 aliphatic carbocycles. The topological polar surface area (TPSA) is 103 Å². The number of halogens is 3. The number of thiazole rings is 1. The third-order valence-corrected chi connectivity index (χ3v) is 6.11. The van der Waals surface area contributed by atoms with Crippen LogP contribution in [0.2, 0.25) is 0 Å². The van der Waals surface area contributed by atoms with Crippen molar-refractivity contribution in [3.05, 3.63) is 69.7 Å². The molecule has 0 spiro atoms. The average Bonchev–Trinajstić information content (AvgIpc) is 3.30. The number of amides is 1. The van der Waals surface area contributed by atoms with Crippen molar-refractivity contribution >= 4 is 45.3 Å². The van der Waals surface area contributed by atoms with E-state index in [1.807, 2.05) is 0 Å². The summed E-state index contributed by atoms with van der Waals surface area (Å²) in [5.74, 6) is -0.394. The van der Waals surface area contributed by atoms with Gasteiger partial charge >= 0.3 is 6.18 Å². The normalized spacial score (nSPS) is 11.6. The second-order valence-electron chi connectivity index (χ2n) is 6.70. The Labute approximate surface area is 192 Å². The first-order valence-electron chi connectivity index (χ1n) is 9.51. The maximum absolute atomic E-state index is 13.0. The van der Waals surface area contributed by atoms with Crippen LogP contribution in [0.5, 0.6) is 0 Å². The standard InChI is InChI=1S/C20H15F3N6O2S2/c21-20(22,23)13-3-1-2-12(10-13)4-8-29-17(31)15-16(25-6-5-24-15)28-19(29)33-11-14(30)27-18-26-7-9-32-18/h1-3,5-7,9-10H,4,8,11H2,(H,26,27,30). The summed E-state index contributed by atoms with van der Waals surface area (Å²) in [6, 6.07) is 4.92. The van der Waals surface area contributed by atoms with Crippen LogP contribution in [0.1, 0.15) is 11.1 Å². The molecule has 0 saturated heterocycles. The second-order valence-corrected chi connectivity index (χ2v) is 8.54. The zero-order valence-electron chi connectivity index (χ0n) is 16.7. The Morgan fingerprint density at radius 2 is 1.97 bits per heavy atom. The average molecular weight is 493 g/mol. The third kappa shape index (κ3) is 5.54. The number of nitrogens with one attached hydrogen (secondary N) is 1. The molecule has 0 unspecified atom stereocenters. The van der Waals surface area contributed by atoms with E-state index in [2.05, 4.69) is 25.3 Å². The first kappa shape index (κ1) is 22.9. The van der Waals surface area contributed by atoms with Crippen molar-refractivity contribution in [2.24, 2.45) is 0 Å². The van der Waals surface area contributed by atoms with Gasteiger partial charge in [-0.3, -0.25) is 14.2 Å². The van der Waals surface area contributed by atoms with Gasteiger partial charge in [0, 0.05) is 30.5 Å². The Morgan fingerprint density at radius 1 is 1.15 bits per heavy atom. The van der Waals surface area contributed by atoms with Crippen LogP contribution in [0.4, 0.5) is 18.3 Å². The van der Waals surface area contributed by atoms with E-state index >= 15 is 0 Å². The largest absolute Gasteiger partial charge is 0.416 e. The molecule has 0 bridgehead atoms. The van der Waals surface area contributed by atoms with Crippen LogP contribution in [0, 0.1) is 0 Å². The highest BCUT2D eigenvalue weighted by molar-refractivity contribution is 7.99. The van der Waals surface area contributed by atoms with Gasteiger partial charge < -0.3 is 5.32 Å². The van der Waals surface area contributed by atoms with E-state index in [1.54, 1.807) is 17.6 Å². The number of aromatic nitrogens is 5. The van der Waals surface area contributed by atoms with Gasteiger partial charge in [-0.1, -0.05) is 30.0 Å². The summed E-state index contributed by atoms with van der Waals surface area (Å²) >= 11 is 2.28. The predicted molar refractivity (Wildman–Crippen MR) is 118 cm³/mol. The Balaban J connectivity index is 1.58. The van der Waals surface area contributed by atoms with Gasteiger partial charge in [0.05, 0.1) is 11.3 Å². The number of hydrogen-bond acceptors (Lipinski definition) is 8. The van der Waals surface area contributed by atoms with Crippen LogP contribution in [-0.4, -0.2) is 36.2 Å². The van der Waals surface area contributed by atoms with Crippen molar-refractivity contribution in [1.82, 2.24) is 24.5 Å². The molecule has 4 aromatic rings. The molecule has 0 radical (unpaired) electrons. The maximum atomic E-state index is 13.0. The number of fused-ring (bicyclic) bond motifs is 1. The van der Waals surface area contributed by atoms with Gasteiger partial charge in [0.25, 0.3) is 5.56 Å². The minimum absolute atomic E-state index is 0.0399. The third-order valence-electron chi connectivity index (χ3n) is 4.45. The monoisotopic (exact) mass is 492 g/mol. The van der Waals surface area contributed by atoms with Crippen LogP contribution in [-0.2, 0) is 23.9 Å². The first-order valence-corrected chi connectivity index (χ1v) is 11.4. The Bertz CT molecular complexity index is 1340. The second kappa shape index (κ2) is 9.67. The summed E-state index contributed by atoms with van der Waals surface area (Å²) in [7, 11) is 0. The lowest BCUT2D eigenvalue weighted by Gasteiger charge is -2.13. The van der Waals surface area contributed by atoms with Crippen LogP contribution in [0.3, 0.4) is 0 Å². The molecule has 0 fully saturated rings. The molecule has 170 valence electrons. The molecule has 4 rings (SSSR count). The SMILES string of the molecule is O=C(CSc1nc2nccnc2c(=O)n1CCc1cccc(C(F)(F)F)c1)Nc1nccs1. The quantitative estimate of drug-likeness (QED) is 0.310. The fourth-order valence-corrected chi connectivity index (χ4v) is 4.31. The Morgan fingerprint density at radius 3 is 2.73 bits per heavy atom. The molecule has 3 heterocycles. The Kier molecular flexibility index (Phi) is 6.70. The van der Waals surface area contributed by atoms with Crippen molar-refractivity contribution in [2.45, 2.75) is 24.3 Å². The summed E-state index contributed by atoms with van der Waals surface area (Å²) in [5, 5.41) is 5.02. The van der Waals surface area contributed by atoms with Gasteiger partial charge in [-0.05, 0) is 18.1 Å². The minimum Gasteiger partial charge on any atom is -0.301 e. The van der Waals surface area contributed by atoms with Crippen molar-refractivity contribution in [3.63, 3.8) is 0 Å². The molecule has 0 atom stereocenters. The Hall–Kier alpha value is -3.32. The molecule has 0 aliphatic heterocycles. The van der Waals surface area contributed by atoms with E-state index in [0.717, 1.165) is 23.9 Å². The lowest BCUT2D eigenvalue weighted by Crippen LogP contribution is -2.26. The number of aryl methyl sites for hydroxylation is 1. The number of thioether (sulfide) groups is 1. The number of anilines is 1. The van der Waals surface area contributed by atoms with E-state index in [4.69, 9.17) is 0 Å². The van der Waals surface area contributed by atoms with Gasteiger partial charge in [-0.25, -0.2) is 19.9 Å². The van der Waals surface area contributed by atoms with Gasteiger partial charge in [-0.2, -0.15) is 13.2 Å². The molecule has 33 heavy (non-hydrogen) atoms. The maximum Gasteiger partial charge on any atom is 0.416 e. The predicted octanol–water partition coefficient (Wildman–Crippen LogP) is 3.64. The number of hydrogen-bond donors (Lipinski definition) is 1. The van der Waals surface area contributed by atoms with Crippen molar-refractivity contribution in [3.8, 4) is 0 Å². The smallest absolute Gasteiger partial charge is 0.301 e. The zero-order chi connectivity index (χ0) is 23.4. The van der Waals surface area contributed by atoms with E-state index in [-0.39, 0.29) is 40.9 Å². The molecule has 1 aromatic carbocycles. The van der Waals surface area contributed by atoms with Gasteiger partial charge in [0.1, 0.15) is 0 Å². The van der Waals surface area contributed by atoms with Crippen LogP contribution in [0.15, 0.2) is 58.2 Å². The van der Waals surface area contributed by atoms with Crippen LogP contribution < -0.4 is 10.9 Å². The molecule has 13 heteroatoms. The van der Waals surface area contributed by atoms with E-state index < -0.39 is 17.3 Å². The molecule has 3 aromatic heterocycles. The molecular formula is C20H15F3N6O2S2. The number of alkyl halides is 3. The lowest BCUT2D eigenvalue weighted by atomic mass is 10.1. The van der Waals surface area contributed by atoms with Crippen molar-refractivity contribution in [2.75, 3.05) is 11.1 Å². The molecule has 1 N–H and O–H groups in total. The minimum atomic E-state index is -4.46. The summed E-state index contributed by atoms with van der Waals surface area (Å²) in [6.07, 6.45) is -0.000478. The summed E-state index contributed by atoms with van der Waals surface area (Å²) in [5.41, 5.74) is -0.668. The fourth-order valence-electron chi connectivity index (χ4n) is 2.95. The summed E-state index contributed by atoms with van der Waals surface area (Å²) < 4.78 is 40.4. The first-order chi connectivity index (χ1) is 15.8. The van der Waals surface area contributed by atoms with Crippen molar-refractivity contribution in [1.29, 1.82) is 0 Å². The number of carbonyl (C=O) groups is 1. The molecule has 0 aliphatic rings. The lowest BCUT2D eigenvalue weighted by molar-refractivity contribution is -0.137. The summed E-state index contributed by atoms with van der Waals surface area (Å²) in [6.45, 7) is 0.0517. The van der Waals surface area contributed by atoms with Gasteiger partial charge in [0.15, 0.2) is 21.5 Å². The highest BCUT2D eigenvalue weighted by Gasteiger charge is 2.30. The van der Waals surface area contributed by atoms with Crippen LogP contribution in [0.25, 0.3) is 11.2 Å². The number of nitrogens with zero attached hydrogens (tertiary/aromatic N) is 5. The summed E-state index contributed by atoms with van der Waals surface area (Å²) in [4.78, 5) is 41.7. The highest BCUT2D eigenvalue weighted by atomic mass is 32.2. The molecule has 8 nitrogen and oxygen atoms in total. The highest BCUT2D eigenvalue weighted by Crippen LogP contribution is 2.29. The fraction of sp³-hybridized carbons (Fsp3) is 0.200. The number of rotatable bonds is 7. The van der Waals surface area contributed by atoms with Gasteiger partial charge in [0.2, 0.25) is 5.91 Å². The van der Waals surface area contributed by atoms with Crippen molar-refractivity contribution < 1.29 is 18.0 Å². The van der Waals surface area contributed by atoms with Gasteiger partial charge in [-0.15, -0.1) is 11.3 Å². The van der Waals surface area contributed by atoms with E-state index in [9.17, 15) is 22.8 Å². The van der Waals surface area contributed by atoms with Crippen LogP contribution >= 0.6 is 23.1 Å². The number of carbonyl (C=O) groups excluding carboxylic acids is 1. The molecule has 1 amide bonds. The zero-order valence-corrected chi connectivity index (χ0v) is 18.4. The molecule has 0 saturated carbocycles. The van der Waals surface area contributed by atoms with E-state index in [0.29, 0.717) is 10.7 Å².